The van der Waals surface area contributed by atoms with Crippen molar-refractivity contribution in [3.63, 3.8) is 0 Å². The van der Waals surface area contributed by atoms with Gasteiger partial charge in [-0.05, 0) is 76.4 Å². The number of H-pyrrole nitrogens is 1. The summed E-state index contributed by atoms with van der Waals surface area (Å²) in [7, 11) is 0. The predicted octanol–water partition coefficient (Wildman–Crippen LogP) is 7.01. The maximum absolute atomic E-state index is 13.0. The monoisotopic (exact) mass is 528 g/mol. The Balaban J connectivity index is 1.36. The van der Waals surface area contributed by atoms with Crippen LogP contribution in [0.3, 0.4) is 0 Å². The van der Waals surface area contributed by atoms with Crippen molar-refractivity contribution < 1.29 is 14.3 Å². The summed E-state index contributed by atoms with van der Waals surface area (Å²) in [4.78, 5) is 13.0. The first kappa shape index (κ1) is 25.8. The lowest BCUT2D eigenvalue weighted by atomic mass is 9.85. The average Bonchev–Trinajstić information content (AvgIpc) is 3.31. The van der Waals surface area contributed by atoms with Crippen molar-refractivity contribution in [2.24, 2.45) is 0 Å². The summed E-state index contributed by atoms with van der Waals surface area (Å²) in [6.07, 6.45) is 3.19. The number of amides is 1. The van der Waals surface area contributed by atoms with Gasteiger partial charge in [0.05, 0.1) is 27.9 Å². The van der Waals surface area contributed by atoms with Gasteiger partial charge < -0.3 is 14.8 Å². The molecule has 3 aromatic carbocycles. The van der Waals surface area contributed by atoms with E-state index in [1.165, 1.54) is 0 Å². The molecule has 1 aromatic heterocycles. The van der Waals surface area contributed by atoms with Crippen LogP contribution in [-0.2, 0) is 4.74 Å². The summed E-state index contributed by atoms with van der Waals surface area (Å²) in [5.41, 5.74) is 2.64. The second-order valence-electron chi connectivity index (χ2n) is 10.9. The first-order valence-corrected chi connectivity index (χ1v) is 12.9. The van der Waals surface area contributed by atoms with Gasteiger partial charge in [-0.2, -0.15) is 10.4 Å². The van der Waals surface area contributed by atoms with E-state index in [-0.39, 0.29) is 28.2 Å². The molecular formula is C30H29ClN4O3. The van der Waals surface area contributed by atoms with E-state index in [4.69, 9.17) is 21.1 Å². The second kappa shape index (κ2) is 9.79. The molecule has 0 bridgehead atoms. The number of halogens is 1. The highest BCUT2D eigenvalue weighted by atomic mass is 35.5. The van der Waals surface area contributed by atoms with Gasteiger partial charge in [0.25, 0.3) is 5.91 Å². The van der Waals surface area contributed by atoms with E-state index in [0.717, 1.165) is 34.9 Å². The zero-order valence-corrected chi connectivity index (χ0v) is 22.5. The van der Waals surface area contributed by atoms with Crippen LogP contribution in [0, 0.1) is 11.3 Å². The minimum Gasteiger partial charge on any atom is -0.454 e. The summed E-state index contributed by atoms with van der Waals surface area (Å²) in [5.74, 6) is 0.528. The van der Waals surface area contributed by atoms with Crippen molar-refractivity contribution in [3.05, 3.63) is 76.9 Å². The summed E-state index contributed by atoms with van der Waals surface area (Å²) >= 11 is 6.54. The third-order valence-corrected chi connectivity index (χ3v) is 6.96. The molecule has 0 spiro atoms. The van der Waals surface area contributed by atoms with Crippen LogP contribution in [0.2, 0.25) is 5.02 Å². The number of aromatic amines is 1. The van der Waals surface area contributed by atoms with Crippen LogP contribution in [0.4, 0.5) is 0 Å². The standard InChI is InChI=1S/C30H29ClN4O3/c1-29(2)14-21(15-30(3,4)38-29)34-28(36)19-10-11-27(24(31)12-19)37-26-7-5-6-22(23(26)16-32)18-8-9-20-17-33-35-25(20)13-18/h5-13,17,21H,14-15H2,1-4H3,(H,33,35)(H,34,36). The fourth-order valence-corrected chi connectivity index (χ4v) is 5.60. The Bertz CT molecular complexity index is 1550. The van der Waals surface area contributed by atoms with E-state index >= 15 is 0 Å². The molecule has 0 unspecified atom stereocenters. The molecular weight excluding hydrogens is 500 g/mol. The fraction of sp³-hybridized carbons (Fsp3) is 0.300. The molecule has 1 fully saturated rings. The maximum atomic E-state index is 13.0. The molecule has 2 N–H and O–H groups in total. The Morgan fingerprint density at radius 2 is 1.87 bits per heavy atom. The van der Waals surface area contributed by atoms with Gasteiger partial charge >= 0.3 is 0 Å². The number of nitriles is 1. The first-order valence-electron chi connectivity index (χ1n) is 12.5. The summed E-state index contributed by atoms with van der Waals surface area (Å²) in [6, 6.07) is 18.4. The summed E-state index contributed by atoms with van der Waals surface area (Å²) < 4.78 is 12.2. The zero-order valence-electron chi connectivity index (χ0n) is 21.8. The number of ether oxygens (including phenoxy) is 2. The number of benzene rings is 3. The molecule has 1 aliphatic rings. The normalized spacial score (nSPS) is 16.6. The van der Waals surface area contributed by atoms with Gasteiger partial charge in [-0.25, -0.2) is 0 Å². The van der Waals surface area contributed by atoms with E-state index < -0.39 is 0 Å². The van der Waals surface area contributed by atoms with Crippen molar-refractivity contribution in [2.75, 3.05) is 0 Å². The van der Waals surface area contributed by atoms with E-state index in [9.17, 15) is 10.1 Å². The molecule has 0 aliphatic carbocycles. The summed E-state index contributed by atoms with van der Waals surface area (Å²) in [6.45, 7) is 8.15. The van der Waals surface area contributed by atoms with Crippen molar-refractivity contribution in [1.82, 2.24) is 15.5 Å². The number of rotatable bonds is 5. The minimum absolute atomic E-state index is 0.0159. The third-order valence-electron chi connectivity index (χ3n) is 6.67. The average molecular weight is 529 g/mol. The Morgan fingerprint density at radius 3 is 2.58 bits per heavy atom. The molecule has 38 heavy (non-hydrogen) atoms. The smallest absolute Gasteiger partial charge is 0.251 e. The van der Waals surface area contributed by atoms with E-state index in [1.54, 1.807) is 30.5 Å². The van der Waals surface area contributed by atoms with E-state index in [1.807, 2.05) is 58.0 Å². The van der Waals surface area contributed by atoms with Crippen molar-refractivity contribution in [1.29, 1.82) is 5.26 Å². The van der Waals surface area contributed by atoms with Gasteiger partial charge in [-0.1, -0.05) is 35.9 Å². The second-order valence-corrected chi connectivity index (χ2v) is 11.3. The number of carbonyl (C=O) groups is 1. The largest absolute Gasteiger partial charge is 0.454 e. The number of hydrogen-bond donors (Lipinski definition) is 2. The van der Waals surface area contributed by atoms with Gasteiger partial charge in [0, 0.05) is 22.6 Å². The molecule has 0 saturated carbocycles. The van der Waals surface area contributed by atoms with Crippen LogP contribution in [0.1, 0.15) is 56.5 Å². The van der Waals surface area contributed by atoms with Crippen LogP contribution in [0.15, 0.2) is 60.8 Å². The van der Waals surface area contributed by atoms with Gasteiger partial charge in [0.1, 0.15) is 23.1 Å². The number of nitrogens with zero attached hydrogens (tertiary/aromatic N) is 2. The Morgan fingerprint density at radius 1 is 1.11 bits per heavy atom. The fourth-order valence-electron chi connectivity index (χ4n) is 5.38. The van der Waals surface area contributed by atoms with Crippen LogP contribution in [-0.4, -0.2) is 33.3 Å². The number of fused-ring (bicyclic) bond motifs is 1. The lowest BCUT2D eigenvalue weighted by Gasteiger charge is -2.45. The summed E-state index contributed by atoms with van der Waals surface area (Å²) in [5, 5.41) is 21.4. The van der Waals surface area contributed by atoms with Crippen LogP contribution >= 0.6 is 11.6 Å². The Labute approximate surface area is 226 Å². The number of nitrogens with one attached hydrogen (secondary N) is 2. The molecule has 5 rings (SSSR count). The third kappa shape index (κ3) is 5.38. The number of carbonyl (C=O) groups excluding carboxylic acids is 1. The molecule has 2 heterocycles. The zero-order chi connectivity index (χ0) is 27.1. The Hall–Kier alpha value is -3.86. The highest BCUT2D eigenvalue weighted by Crippen LogP contribution is 2.37. The van der Waals surface area contributed by atoms with Crippen LogP contribution in [0.25, 0.3) is 22.0 Å². The van der Waals surface area contributed by atoms with Gasteiger partial charge in [0.2, 0.25) is 0 Å². The van der Waals surface area contributed by atoms with Crippen molar-refractivity contribution in [2.45, 2.75) is 57.8 Å². The Kier molecular flexibility index (Phi) is 6.64. The molecule has 4 aromatic rings. The van der Waals surface area contributed by atoms with Gasteiger partial charge in [-0.3, -0.25) is 9.89 Å². The maximum Gasteiger partial charge on any atom is 0.251 e. The molecule has 8 heteroatoms. The van der Waals surface area contributed by atoms with Crippen LogP contribution in [0.5, 0.6) is 11.5 Å². The van der Waals surface area contributed by atoms with Crippen LogP contribution < -0.4 is 10.1 Å². The lowest BCUT2D eigenvalue weighted by molar-refractivity contribution is -0.162. The molecule has 1 saturated heterocycles. The van der Waals surface area contributed by atoms with Crippen molar-refractivity contribution in [3.8, 4) is 28.7 Å². The molecule has 0 radical (unpaired) electrons. The molecule has 194 valence electrons. The first-order chi connectivity index (χ1) is 18.0. The quantitative estimate of drug-likeness (QED) is 0.290. The molecule has 1 aliphatic heterocycles. The lowest BCUT2D eigenvalue weighted by Crippen LogP contribution is -2.52. The van der Waals surface area contributed by atoms with Gasteiger partial charge in [0.15, 0.2) is 0 Å². The number of aromatic nitrogens is 2. The highest BCUT2D eigenvalue weighted by molar-refractivity contribution is 6.32. The van der Waals surface area contributed by atoms with Gasteiger partial charge in [-0.15, -0.1) is 0 Å². The molecule has 7 nitrogen and oxygen atoms in total. The minimum atomic E-state index is -0.327. The van der Waals surface area contributed by atoms with E-state index in [0.29, 0.717) is 22.6 Å². The number of hydrogen-bond acceptors (Lipinski definition) is 5. The topological polar surface area (TPSA) is 100 Å². The molecule has 1 amide bonds. The van der Waals surface area contributed by atoms with E-state index in [2.05, 4.69) is 21.6 Å². The molecule has 0 atom stereocenters. The highest BCUT2D eigenvalue weighted by Gasteiger charge is 2.39. The van der Waals surface area contributed by atoms with Crippen molar-refractivity contribution >= 4 is 28.4 Å². The predicted molar refractivity (Wildman–Crippen MR) is 148 cm³/mol. The SMILES string of the molecule is CC1(C)CC(NC(=O)c2ccc(Oc3cccc(-c4ccc5cn[nH]c5c4)c3C#N)c(Cl)c2)CC(C)(C)O1.